The Morgan fingerprint density at radius 3 is 2.44 bits per heavy atom. The minimum absolute atomic E-state index is 0.00311. The van der Waals surface area contributed by atoms with E-state index in [1.807, 2.05) is 13.8 Å². The van der Waals surface area contributed by atoms with Gasteiger partial charge in [-0.15, -0.1) is 0 Å². The summed E-state index contributed by atoms with van der Waals surface area (Å²) in [5.74, 6) is 0.619. The van der Waals surface area contributed by atoms with Crippen LogP contribution in [0.25, 0.3) is 0 Å². The van der Waals surface area contributed by atoms with Gasteiger partial charge in [0, 0.05) is 12.0 Å². The molecular formula is C13H24N2O3. The number of amides is 1. The second-order valence-electron chi connectivity index (χ2n) is 5.45. The summed E-state index contributed by atoms with van der Waals surface area (Å²) in [6, 6.07) is 0.218. The van der Waals surface area contributed by atoms with Crippen molar-refractivity contribution in [3.05, 3.63) is 0 Å². The lowest BCUT2D eigenvalue weighted by molar-refractivity contribution is -0.124. The zero-order valence-corrected chi connectivity index (χ0v) is 11.4. The highest BCUT2D eigenvalue weighted by Gasteiger charge is 2.30. The summed E-state index contributed by atoms with van der Waals surface area (Å²) in [4.78, 5) is 13.9. The number of likely N-dealkylation sites (tertiary alicyclic amines) is 1. The molecule has 0 bridgehead atoms. The molecule has 18 heavy (non-hydrogen) atoms. The Morgan fingerprint density at radius 1 is 1.28 bits per heavy atom. The number of carbonyl (C=O) groups is 1. The predicted octanol–water partition coefficient (Wildman–Crippen LogP) is 0.596. The van der Waals surface area contributed by atoms with Crippen LogP contribution in [0.2, 0.25) is 0 Å². The Hall–Kier alpha value is -0.650. The monoisotopic (exact) mass is 256 g/mol. The molecule has 2 fully saturated rings. The highest BCUT2D eigenvalue weighted by molar-refractivity contribution is 5.78. The van der Waals surface area contributed by atoms with Crippen LogP contribution < -0.4 is 5.32 Å². The maximum absolute atomic E-state index is 11.7. The van der Waals surface area contributed by atoms with Gasteiger partial charge in [0.25, 0.3) is 0 Å². The first kappa shape index (κ1) is 13.8. The number of nitrogens with one attached hydrogen (secondary N) is 1. The molecule has 0 aromatic heterocycles. The van der Waals surface area contributed by atoms with Gasteiger partial charge in [-0.25, -0.2) is 0 Å². The molecule has 0 spiro atoms. The third-order valence-electron chi connectivity index (χ3n) is 3.48. The first-order chi connectivity index (χ1) is 8.65. The zero-order chi connectivity index (χ0) is 13.0. The number of ether oxygens (including phenoxy) is 2. The lowest BCUT2D eigenvalue weighted by Gasteiger charge is -2.33. The van der Waals surface area contributed by atoms with Crippen molar-refractivity contribution in [2.24, 2.45) is 5.92 Å². The molecule has 0 aromatic carbocycles. The van der Waals surface area contributed by atoms with Gasteiger partial charge < -0.3 is 14.8 Å². The number of hydrogen-bond donors (Lipinski definition) is 1. The van der Waals surface area contributed by atoms with Crippen molar-refractivity contribution in [1.29, 1.82) is 0 Å². The van der Waals surface area contributed by atoms with Crippen molar-refractivity contribution in [3.63, 3.8) is 0 Å². The van der Waals surface area contributed by atoms with Crippen molar-refractivity contribution in [3.8, 4) is 0 Å². The summed E-state index contributed by atoms with van der Waals surface area (Å²) in [6.07, 6.45) is 2.11. The van der Waals surface area contributed by atoms with Crippen LogP contribution >= 0.6 is 0 Å². The minimum Gasteiger partial charge on any atom is -0.353 e. The van der Waals surface area contributed by atoms with E-state index in [2.05, 4.69) is 10.2 Å². The van der Waals surface area contributed by atoms with E-state index >= 15 is 0 Å². The summed E-state index contributed by atoms with van der Waals surface area (Å²) < 4.78 is 11.1. The highest BCUT2D eigenvalue weighted by Crippen LogP contribution is 2.25. The Kier molecular flexibility index (Phi) is 4.97. The van der Waals surface area contributed by atoms with Gasteiger partial charge in [-0.05, 0) is 39.8 Å². The lowest BCUT2D eigenvalue weighted by Crippen LogP contribution is -2.44. The molecular weight excluding hydrogens is 232 g/mol. The van der Waals surface area contributed by atoms with Gasteiger partial charge in [-0.3, -0.25) is 9.69 Å². The van der Waals surface area contributed by atoms with Crippen LogP contribution in [0, 0.1) is 5.92 Å². The molecule has 2 saturated heterocycles. The Bertz CT molecular complexity index is 269. The van der Waals surface area contributed by atoms with Crippen molar-refractivity contribution >= 4 is 5.91 Å². The van der Waals surface area contributed by atoms with Gasteiger partial charge in [0.15, 0.2) is 6.29 Å². The molecule has 0 atom stereocenters. The standard InChI is InChI=1S/C13H24N2O3/c1-10(2)14-12(16)9-15-5-3-11(4-6-15)13-17-7-8-18-13/h10-11,13H,3-9H2,1-2H3,(H,14,16). The summed E-state index contributed by atoms with van der Waals surface area (Å²) in [5.41, 5.74) is 0. The quantitative estimate of drug-likeness (QED) is 0.800. The maximum Gasteiger partial charge on any atom is 0.234 e. The fourth-order valence-corrected chi connectivity index (χ4v) is 2.60. The lowest BCUT2D eigenvalue weighted by atomic mass is 9.96. The topological polar surface area (TPSA) is 50.8 Å². The first-order valence-electron chi connectivity index (χ1n) is 6.90. The number of rotatable bonds is 4. The van der Waals surface area contributed by atoms with E-state index in [0.29, 0.717) is 12.5 Å². The van der Waals surface area contributed by atoms with Crippen LogP contribution in [0.1, 0.15) is 26.7 Å². The molecule has 0 saturated carbocycles. The molecule has 2 aliphatic heterocycles. The van der Waals surface area contributed by atoms with Gasteiger partial charge in [0.2, 0.25) is 5.91 Å². The van der Waals surface area contributed by atoms with E-state index in [0.717, 1.165) is 39.1 Å². The average Bonchev–Trinajstić information content (AvgIpc) is 2.82. The summed E-state index contributed by atoms with van der Waals surface area (Å²) in [6.45, 7) is 7.84. The van der Waals surface area contributed by atoms with Gasteiger partial charge in [0.05, 0.1) is 19.8 Å². The van der Waals surface area contributed by atoms with Crippen molar-refractivity contribution in [2.75, 3.05) is 32.8 Å². The van der Waals surface area contributed by atoms with Crippen molar-refractivity contribution in [1.82, 2.24) is 10.2 Å². The van der Waals surface area contributed by atoms with Gasteiger partial charge in [-0.1, -0.05) is 0 Å². The second-order valence-corrected chi connectivity index (χ2v) is 5.45. The van der Waals surface area contributed by atoms with Gasteiger partial charge >= 0.3 is 0 Å². The zero-order valence-electron chi connectivity index (χ0n) is 11.4. The molecule has 5 nitrogen and oxygen atoms in total. The smallest absolute Gasteiger partial charge is 0.234 e. The molecule has 0 unspecified atom stereocenters. The fourth-order valence-electron chi connectivity index (χ4n) is 2.60. The Labute approximate surface area is 109 Å². The predicted molar refractivity (Wildman–Crippen MR) is 68.1 cm³/mol. The van der Waals surface area contributed by atoms with Crippen LogP contribution in [0.4, 0.5) is 0 Å². The summed E-state index contributed by atoms with van der Waals surface area (Å²) in [5, 5.41) is 2.93. The molecule has 1 N–H and O–H groups in total. The van der Waals surface area contributed by atoms with E-state index < -0.39 is 0 Å². The molecule has 2 heterocycles. The van der Waals surface area contributed by atoms with Crippen LogP contribution in [0.5, 0.6) is 0 Å². The van der Waals surface area contributed by atoms with E-state index in [-0.39, 0.29) is 18.2 Å². The van der Waals surface area contributed by atoms with Crippen LogP contribution in [-0.4, -0.2) is 56.0 Å². The maximum atomic E-state index is 11.7. The normalized spacial score (nSPS) is 23.7. The fraction of sp³-hybridized carbons (Fsp3) is 0.923. The third-order valence-corrected chi connectivity index (χ3v) is 3.48. The number of nitrogens with zero attached hydrogens (tertiary/aromatic N) is 1. The second kappa shape index (κ2) is 6.50. The highest BCUT2D eigenvalue weighted by atomic mass is 16.7. The van der Waals surface area contributed by atoms with Crippen molar-refractivity contribution in [2.45, 2.75) is 39.0 Å². The van der Waals surface area contributed by atoms with Gasteiger partial charge in [-0.2, -0.15) is 0 Å². The summed E-state index contributed by atoms with van der Waals surface area (Å²) in [7, 11) is 0. The third kappa shape index (κ3) is 3.93. The molecule has 0 aromatic rings. The van der Waals surface area contributed by atoms with E-state index in [9.17, 15) is 4.79 Å². The number of piperidine rings is 1. The largest absolute Gasteiger partial charge is 0.353 e. The molecule has 104 valence electrons. The molecule has 2 aliphatic rings. The molecule has 1 amide bonds. The average molecular weight is 256 g/mol. The summed E-state index contributed by atoms with van der Waals surface area (Å²) >= 11 is 0. The molecule has 0 radical (unpaired) electrons. The van der Waals surface area contributed by atoms with E-state index in [4.69, 9.17) is 9.47 Å². The number of hydrogen-bond acceptors (Lipinski definition) is 4. The minimum atomic E-state index is -0.00311. The SMILES string of the molecule is CC(C)NC(=O)CN1CCC(C2OCCO2)CC1. The van der Waals surface area contributed by atoms with Crippen LogP contribution in [-0.2, 0) is 14.3 Å². The first-order valence-corrected chi connectivity index (χ1v) is 6.90. The number of carbonyl (C=O) groups excluding carboxylic acids is 1. The van der Waals surface area contributed by atoms with Gasteiger partial charge in [0.1, 0.15) is 0 Å². The molecule has 0 aliphatic carbocycles. The molecule has 2 rings (SSSR count). The Morgan fingerprint density at radius 2 is 1.89 bits per heavy atom. The van der Waals surface area contributed by atoms with E-state index in [1.165, 1.54) is 0 Å². The van der Waals surface area contributed by atoms with Crippen LogP contribution in [0.3, 0.4) is 0 Å². The Balaban J connectivity index is 1.68. The van der Waals surface area contributed by atoms with Crippen molar-refractivity contribution < 1.29 is 14.3 Å². The van der Waals surface area contributed by atoms with Crippen LogP contribution in [0.15, 0.2) is 0 Å². The van der Waals surface area contributed by atoms with E-state index in [1.54, 1.807) is 0 Å². The molecule has 5 heteroatoms.